The van der Waals surface area contributed by atoms with Crippen molar-refractivity contribution in [2.45, 2.75) is 12.8 Å². The Bertz CT molecular complexity index is 873. The standard InChI is InChI=1S/C20H16O5/c1-2-24-18(22)16-15(12-8-4-3-5-9-12)20(16)17(21)13-10-6-7-11-14(13)25-19(20)23/h3-11,15-16H,2H2,1H3. The summed E-state index contributed by atoms with van der Waals surface area (Å²) in [6.45, 7) is 1.88. The van der Waals surface area contributed by atoms with Crippen molar-refractivity contribution in [2.75, 3.05) is 6.61 Å². The van der Waals surface area contributed by atoms with Crippen LogP contribution in [0.4, 0.5) is 0 Å². The van der Waals surface area contributed by atoms with Gasteiger partial charge in [-0.1, -0.05) is 42.5 Å². The van der Waals surface area contributed by atoms with Crippen LogP contribution < -0.4 is 4.74 Å². The molecule has 2 aliphatic rings. The van der Waals surface area contributed by atoms with Crippen LogP contribution in [0.15, 0.2) is 54.6 Å². The van der Waals surface area contributed by atoms with Gasteiger partial charge in [0.2, 0.25) is 0 Å². The average Bonchev–Trinajstić information content (AvgIpc) is 3.33. The van der Waals surface area contributed by atoms with Crippen molar-refractivity contribution in [3.8, 4) is 5.75 Å². The predicted octanol–water partition coefficient (Wildman–Crippen LogP) is 2.75. The fourth-order valence-electron chi connectivity index (χ4n) is 3.84. The van der Waals surface area contributed by atoms with Gasteiger partial charge in [-0.2, -0.15) is 0 Å². The van der Waals surface area contributed by atoms with Crippen molar-refractivity contribution in [3.05, 3.63) is 65.7 Å². The number of fused-ring (bicyclic) bond motifs is 1. The lowest BCUT2D eigenvalue weighted by Crippen LogP contribution is -2.39. The van der Waals surface area contributed by atoms with Crippen molar-refractivity contribution < 1.29 is 23.9 Å². The molecule has 5 nitrogen and oxygen atoms in total. The lowest BCUT2D eigenvalue weighted by atomic mass is 9.86. The SMILES string of the molecule is CCOC(=O)C1C(c2ccccc2)C12C(=O)Oc1ccccc1C2=O. The number of Topliss-reactive ketones (excluding diaryl/α,β-unsaturated/α-hetero) is 1. The number of carbonyl (C=O) groups is 3. The molecule has 0 radical (unpaired) electrons. The molecule has 126 valence electrons. The van der Waals surface area contributed by atoms with E-state index in [1.165, 1.54) is 0 Å². The summed E-state index contributed by atoms with van der Waals surface area (Å²) in [6.07, 6.45) is 0. The largest absolute Gasteiger partial charge is 0.466 e. The third-order valence-electron chi connectivity index (χ3n) is 4.95. The van der Waals surface area contributed by atoms with E-state index < -0.39 is 29.2 Å². The smallest absolute Gasteiger partial charge is 0.327 e. The second-order valence-electron chi connectivity index (χ2n) is 6.20. The van der Waals surface area contributed by atoms with Crippen LogP contribution in [0.2, 0.25) is 0 Å². The summed E-state index contributed by atoms with van der Waals surface area (Å²) in [4.78, 5) is 38.5. The van der Waals surface area contributed by atoms with Crippen molar-refractivity contribution in [1.82, 2.24) is 0 Å². The molecular weight excluding hydrogens is 320 g/mol. The topological polar surface area (TPSA) is 69.7 Å². The molecule has 0 saturated heterocycles. The molecule has 1 aliphatic heterocycles. The van der Waals surface area contributed by atoms with E-state index in [-0.39, 0.29) is 18.1 Å². The Morgan fingerprint density at radius 2 is 1.76 bits per heavy atom. The van der Waals surface area contributed by atoms with E-state index in [1.807, 2.05) is 30.3 Å². The monoisotopic (exact) mass is 336 g/mol. The van der Waals surface area contributed by atoms with Crippen LogP contribution >= 0.6 is 0 Å². The molecule has 0 amide bonds. The van der Waals surface area contributed by atoms with Crippen LogP contribution in [-0.2, 0) is 14.3 Å². The van der Waals surface area contributed by atoms with E-state index in [9.17, 15) is 14.4 Å². The third-order valence-corrected chi connectivity index (χ3v) is 4.95. The Morgan fingerprint density at radius 3 is 2.48 bits per heavy atom. The number of rotatable bonds is 3. The lowest BCUT2D eigenvalue weighted by molar-refractivity contribution is -0.149. The Kier molecular flexibility index (Phi) is 3.46. The van der Waals surface area contributed by atoms with Gasteiger partial charge in [0.1, 0.15) is 5.75 Å². The van der Waals surface area contributed by atoms with Gasteiger partial charge in [0.25, 0.3) is 0 Å². The molecule has 2 aromatic carbocycles. The quantitative estimate of drug-likeness (QED) is 0.490. The summed E-state index contributed by atoms with van der Waals surface area (Å²) < 4.78 is 10.6. The Balaban J connectivity index is 1.84. The molecule has 3 unspecified atom stereocenters. The highest BCUT2D eigenvalue weighted by atomic mass is 16.5. The van der Waals surface area contributed by atoms with Gasteiger partial charge < -0.3 is 9.47 Å². The second kappa shape index (κ2) is 5.55. The third kappa shape index (κ3) is 2.05. The van der Waals surface area contributed by atoms with Gasteiger partial charge in [0.15, 0.2) is 11.2 Å². The van der Waals surface area contributed by atoms with E-state index in [0.29, 0.717) is 5.56 Å². The summed E-state index contributed by atoms with van der Waals surface area (Å²) in [6, 6.07) is 15.7. The summed E-state index contributed by atoms with van der Waals surface area (Å²) in [7, 11) is 0. The van der Waals surface area contributed by atoms with Crippen LogP contribution in [-0.4, -0.2) is 24.3 Å². The highest BCUT2D eigenvalue weighted by Gasteiger charge is 2.80. The number of benzene rings is 2. The highest BCUT2D eigenvalue weighted by molar-refractivity contribution is 6.23. The van der Waals surface area contributed by atoms with Gasteiger partial charge in [-0.3, -0.25) is 14.4 Å². The van der Waals surface area contributed by atoms with Gasteiger partial charge in [-0.25, -0.2) is 0 Å². The number of para-hydroxylation sites is 1. The minimum Gasteiger partial charge on any atom is -0.466 e. The lowest BCUT2D eigenvalue weighted by Gasteiger charge is -2.23. The number of esters is 2. The average molecular weight is 336 g/mol. The van der Waals surface area contributed by atoms with Crippen molar-refractivity contribution in [2.24, 2.45) is 11.3 Å². The number of ketones is 1. The molecule has 0 bridgehead atoms. The van der Waals surface area contributed by atoms with Gasteiger partial charge in [-0.05, 0) is 24.6 Å². The molecule has 0 aromatic heterocycles. The van der Waals surface area contributed by atoms with E-state index in [1.54, 1.807) is 31.2 Å². The molecular formula is C20H16O5. The molecule has 1 aliphatic carbocycles. The minimum atomic E-state index is -1.53. The molecule has 1 spiro atoms. The van der Waals surface area contributed by atoms with Gasteiger partial charge in [0.05, 0.1) is 18.1 Å². The molecule has 1 saturated carbocycles. The van der Waals surface area contributed by atoms with Crippen molar-refractivity contribution in [3.63, 3.8) is 0 Å². The molecule has 25 heavy (non-hydrogen) atoms. The number of ether oxygens (including phenoxy) is 2. The van der Waals surface area contributed by atoms with Crippen LogP contribution in [0.5, 0.6) is 5.75 Å². The number of carbonyl (C=O) groups excluding carboxylic acids is 3. The van der Waals surface area contributed by atoms with E-state index in [2.05, 4.69) is 0 Å². The molecule has 1 fully saturated rings. The summed E-state index contributed by atoms with van der Waals surface area (Å²) in [5, 5.41) is 0. The van der Waals surface area contributed by atoms with E-state index in [4.69, 9.17) is 9.47 Å². The van der Waals surface area contributed by atoms with Crippen LogP contribution in [0, 0.1) is 11.3 Å². The fourth-order valence-corrected chi connectivity index (χ4v) is 3.84. The van der Waals surface area contributed by atoms with Gasteiger partial charge in [-0.15, -0.1) is 0 Å². The highest BCUT2D eigenvalue weighted by Crippen LogP contribution is 2.68. The molecule has 5 heteroatoms. The second-order valence-corrected chi connectivity index (χ2v) is 6.20. The first-order valence-corrected chi connectivity index (χ1v) is 8.20. The molecule has 4 rings (SSSR count). The summed E-state index contributed by atoms with van der Waals surface area (Å²) in [5.74, 6) is -2.77. The van der Waals surface area contributed by atoms with Crippen LogP contribution in [0.3, 0.4) is 0 Å². The zero-order valence-corrected chi connectivity index (χ0v) is 13.6. The first kappa shape index (κ1) is 15.6. The first-order valence-electron chi connectivity index (χ1n) is 8.20. The molecule has 1 heterocycles. The van der Waals surface area contributed by atoms with Crippen molar-refractivity contribution >= 4 is 17.7 Å². The van der Waals surface area contributed by atoms with Crippen molar-refractivity contribution in [1.29, 1.82) is 0 Å². The predicted molar refractivity (Wildman–Crippen MR) is 88.1 cm³/mol. The summed E-state index contributed by atoms with van der Waals surface area (Å²) >= 11 is 0. The molecule has 2 aromatic rings. The van der Waals surface area contributed by atoms with Gasteiger partial charge in [0, 0.05) is 5.92 Å². The zero-order chi connectivity index (χ0) is 17.6. The molecule has 3 atom stereocenters. The zero-order valence-electron chi connectivity index (χ0n) is 13.6. The number of hydrogen-bond acceptors (Lipinski definition) is 5. The Labute approximate surface area is 144 Å². The summed E-state index contributed by atoms with van der Waals surface area (Å²) in [5.41, 5.74) is -0.442. The van der Waals surface area contributed by atoms with E-state index >= 15 is 0 Å². The minimum absolute atomic E-state index is 0.187. The van der Waals surface area contributed by atoms with E-state index in [0.717, 1.165) is 5.56 Å². The number of hydrogen-bond donors (Lipinski definition) is 0. The van der Waals surface area contributed by atoms with Crippen LogP contribution in [0.25, 0.3) is 0 Å². The Morgan fingerprint density at radius 1 is 1.08 bits per heavy atom. The maximum Gasteiger partial charge on any atom is 0.327 e. The maximum absolute atomic E-state index is 13.2. The van der Waals surface area contributed by atoms with Crippen LogP contribution in [0.1, 0.15) is 28.8 Å². The Hall–Kier alpha value is -2.95. The fraction of sp³-hybridized carbons (Fsp3) is 0.250. The molecule has 0 N–H and O–H groups in total. The normalized spacial score (nSPS) is 26.8. The van der Waals surface area contributed by atoms with Gasteiger partial charge >= 0.3 is 11.9 Å². The first-order chi connectivity index (χ1) is 12.1. The maximum atomic E-state index is 13.2.